The molecule has 0 spiro atoms. The van der Waals surface area contributed by atoms with E-state index in [-0.39, 0.29) is 11.8 Å². The number of amides is 1. The second-order valence-electron chi connectivity index (χ2n) is 6.73. The van der Waals surface area contributed by atoms with Crippen LogP contribution in [-0.2, 0) is 11.3 Å². The summed E-state index contributed by atoms with van der Waals surface area (Å²) in [5.41, 5.74) is 2.85. The molecule has 5 nitrogen and oxygen atoms in total. The molecule has 0 saturated heterocycles. The molecule has 26 heavy (non-hydrogen) atoms. The minimum atomic E-state index is 0.0637. The average Bonchev–Trinajstić information content (AvgIpc) is 3.31. The molecule has 6 heteroatoms. The maximum atomic E-state index is 12.6. The first kappa shape index (κ1) is 17.0. The van der Waals surface area contributed by atoms with Crippen molar-refractivity contribution < 1.29 is 4.79 Å². The molecule has 0 unspecified atom stereocenters. The quantitative estimate of drug-likeness (QED) is 0.712. The smallest absolute Gasteiger partial charge is 0.228 e. The maximum Gasteiger partial charge on any atom is 0.228 e. The Balaban J connectivity index is 1.81. The molecule has 0 aliphatic heterocycles. The molecule has 1 aliphatic rings. The Labute approximate surface area is 157 Å². The van der Waals surface area contributed by atoms with E-state index in [0.29, 0.717) is 10.8 Å². The van der Waals surface area contributed by atoms with Crippen LogP contribution < -0.4 is 5.32 Å². The second-order valence-corrected chi connectivity index (χ2v) is 7.16. The van der Waals surface area contributed by atoms with Gasteiger partial charge in [0.05, 0.1) is 5.39 Å². The molecule has 3 aromatic rings. The third-order valence-corrected chi connectivity index (χ3v) is 5.37. The van der Waals surface area contributed by atoms with Crippen LogP contribution in [0.25, 0.3) is 22.2 Å². The first-order valence-electron chi connectivity index (χ1n) is 9.08. The zero-order valence-corrected chi connectivity index (χ0v) is 15.5. The van der Waals surface area contributed by atoms with Gasteiger partial charge in [0, 0.05) is 29.2 Å². The lowest BCUT2D eigenvalue weighted by molar-refractivity contribution is -0.119. The first-order valence-corrected chi connectivity index (χ1v) is 9.46. The van der Waals surface area contributed by atoms with Crippen LogP contribution in [-0.4, -0.2) is 20.4 Å². The van der Waals surface area contributed by atoms with E-state index in [9.17, 15) is 4.79 Å². The van der Waals surface area contributed by atoms with Gasteiger partial charge in [0.1, 0.15) is 17.8 Å². The van der Waals surface area contributed by atoms with Gasteiger partial charge in [-0.3, -0.25) is 4.79 Å². The van der Waals surface area contributed by atoms with Gasteiger partial charge in [-0.1, -0.05) is 36.6 Å². The summed E-state index contributed by atoms with van der Waals surface area (Å²) in [7, 11) is 0. The highest BCUT2D eigenvalue weighted by molar-refractivity contribution is 6.30. The van der Waals surface area contributed by atoms with E-state index in [0.717, 1.165) is 54.4 Å². The molecule has 0 atom stereocenters. The lowest BCUT2D eigenvalue weighted by atomic mass is 10.1. The summed E-state index contributed by atoms with van der Waals surface area (Å²) in [4.78, 5) is 21.5. The van der Waals surface area contributed by atoms with Crippen molar-refractivity contribution >= 4 is 34.4 Å². The Morgan fingerprint density at radius 1 is 1.23 bits per heavy atom. The summed E-state index contributed by atoms with van der Waals surface area (Å²) in [6.07, 6.45) is 7.75. The molecule has 2 heterocycles. The summed E-state index contributed by atoms with van der Waals surface area (Å²) < 4.78 is 2.08. The van der Waals surface area contributed by atoms with Gasteiger partial charge < -0.3 is 9.88 Å². The molecule has 1 fully saturated rings. The van der Waals surface area contributed by atoms with Crippen LogP contribution in [0.5, 0.6) is 0 Å². The number of fused-ring (bicyclic) bond motifs is 1. The molecule has 1 aliphatic carbocycles. The summed E-state index contributed by atoms with van der Waals surface area (Å²) in [6.45, 7) is 2.86. The molecule has 1 saturated carbocycles. The number of nitrogens with zero attached hydrogens (tertiary/aromatic N) is 3. The Bertz CT molecular complexity index is 942. The Morgan fingerprint density at radius 3 is 2.65 bits per heavy atom. The van der Waals surface area contributed by atoms with Gasteiger partial charge in [-0.25, -0.2) is 9.97 Å². The van der Waals surface area contributed by atoms with Gasteiger partial charge in [0.25, 0.3) is 0 Å². The highest BCUT2D eigenvalue weighted by Crippen LogP contribution is 2.35. The van der Waals surface area contributed by atoms with Gasteiger partial charge in [0.15, 0.2) is 0 Å². The van der Waals surface area contributed by atoms with Crippen molar-refractivity contribution in [3.8, 4) is 11.1 Å². The van der Waals surface area contributed by atoms with Gasteiger partial charge >= 0.3 is 0 Å². The van der Waals surface area contributed by atoms with Crippen LogP contribution in [0.3, 0.4) is 0 Å². The number of nitrogens with one attached hydrogen (secondary N) is 1. The molecule has 0 bridgehead atoms. The third kappa shape index (κ3) is 3.07. The van der Waals surface area contributed by atoms with Gasteiger partial charge in [0.2, 0.25) is 5.91 Å². The minimum Gasteiger partial charge on any atom is -0.332 e. The molecule has 134 valence electrons. The monoisotopic (exact) mass is 368 g/mol. The van der Waals surface area contributed by atoms with Crippen molar-refractivity contribution in [3.05, 3.63) is 41.8 Å². The predicted octanol–water partition coefficient (Wildman–Crippen LogP) is 4.90. The van der Waals surface area contributed by atoms with Crippen LogP contribution in [0.15, 0.2) is 36.8 Å². The van der Waals surface area contributed by atoms with E-state index in [2.05, 4.69) is 33.0 Å². The largest absolute Gasteiger partial charge is 0.332 e. The van der Waals surface area contributed by atoms with E-state index in [1.165, 1.54) is 6.33 Å². The molecular formula is C20H21ClN4O. The van der Waals surface area contributed by atoms with Crippen LogP contribution in [0.4, 0.5) is 5.82 Å². The van der Waals surface area contributed by atoms with Crippen LogP contribution in [0.2, 0.25) is 5.02 Å². The minimum absolute atomic E-state index is 0.0637. The van der Waals surface area contributed by atoms with Crippen molar-refractivity contribution in [1.82, 2.24) is 14.5 Å². The number of hydrogen-bond donors (Lipinski definition) is 1. The normalized spacial score (nSPS) is 14.8. The molecule has 1 amide bonds. The van der Waals surface area contributed by atoms with Gasteiger partial charge in [-0.05, 0) is 37.5 Å². The Hall–Kier alpha value is -2.40. The number of anilines is 1. The van der Waals surface area contributed by atoms with Crippen molar-refractivity contribution in [2.45, 2.75) is 39.2 Å². The van der Waals surface area contributed by atoms with Crippen LogP contribution >= 0.6 is 11.6 Å². The fourth-order valence-electron chi connectivity index (χ4n) is 3.71. The molecule has 1 N–H and O–H groups in total. The van der Waals surface area contributed by atoms with Crippen molar-refractivity contribution in [1.29, 1.82) is 0 Å². The van der Waals surface area contributed by atoms with Crippen molar-refractivity contribution in [2.75, 3.05) is 5.32 Å². The second kappa shape index (κ2) is 7.08. The summed E-state index contributed by atoms with van der Waals surface area (Å²) in [5, 5.41) is 4.63. The highest BCUT2D eigenvalue weighted by atomic mass is 35.5. The molecule has 0 radical (unpaired) electrons. The average molecular weight is 369 g/mol. The van der Waals surface area contributed by atoms with E-state index >= 15 is 0 Å². The third-order valence-electron chi connectivity index (χ3n) is 5.12. The zero-order valence-electron chi connectivity index (χ0n) is 14.7. The number of benzene rings is 1. The fraction of sp³-hybridized carbons (Fsp3) is 0.350. The lowest BCUT2D eigenvalue weighted by Crippen LogP contribution is -2.21. The zero-order chi connectivity index (χ0) is 18.1. The Kier molecular flexibility index (Phi) is 4.64. The van der Waals surface area contributed by atoms with Gasteiger partial charge in [-0.2, -0.15) is 0 Å². The number of carbonyl (C=O) groups excluding carboxylic acids is 1. The van der Waals surface area contributed by atoms with Crippen molar-refractivity contribution in [3.63, 3.8) is 0 Å². The van der Waals surface area contributed by atoms with E-state index in [1.807, 2.05) is 24.3 Å². The van der Waals surface area contributed by atoms with Crippen molar-refractivity contribution in [2.24, 2.45) is 5.92 Å². The summed E-state index contributed by atoms with van der Waals surface area (Å²) >= 11 is 6.04. The van der Waals surface area contributed by atoms with Gasteiger partial charge in [-0.15, -0.1) is 0 Å². The lowest BCUT2D eigenvalue weighted by Gasteiger charge is -2.11. The summed E-state index contributed by atoms with van der Waals surface area (Å²) in [6, 6.07) is 7.69. The fourth-order valence-corrected chi connectivity index (χ4v) is 3.84. The predicted molar refractivity (Wildman–Crippen MR) is 104 cm³/mol. The maximum absolute atomic E-state index is 12.6. The molecule has 2 aromatic heterocycles. The van der Waals surface area contributed by atoms with E-state index in [1.54, 1.807) is 0 Å². The molecular weight excluding hydrogens is 348 g/mol. The molecule has 4 rings (SSSR count). The number of halogens is 1. The number of carbonyl (C=O) groups is 1. The van der Waals surface area contributed by atoms with E-state index in [4.69, 9.17) is 11.6 Å². The Morgan fingerprint density at radius 2 is 1.96 bits per heavy atom. The SMILES string of the molecule is CCn1cc(-c2ccc(Cl)cc2)c2c(NC(=O)C3CCCC3)ncnc21. The standard InChI is InChI=1S/C20H21ClN4O/c1-2-25-11-16(13-7-9-15(21)10-8-13)17-18(22-12-23-19(17)25)24-20(26)14-5-3-4-6-14/h7-12,14H,2-6H2,1H3,(H,22,23,24,26). The number of aromatic nitrogens is 3. The molecule has 1 aromatic carbocycles. The van der Waals surface area contributed by atoms with Crippen LogP contribution in [0, 0.1) is 5.92 Å². The van der Waals surface area contributed by atoms with E-state index < -0.39 is 0 Å². The first-order chi connectivity index (χ1) is 12.7. The highest BCUT2D eigenvalue weighted by Gasteiger charge is 2.24. The number of rotatable bonds is 4. The topological polar surface area (TPSA) is 59.8 Å². The van der Waals surface area contributed by atoms with Crippen LogP contribution in [0.1, 0.15) is 32.6 Å². The number of aryl methyl sites for hydroxylation is 1. The summed E-state index contributed by atoms with van der Waals surface area (Å²) in [5.74, 6) is 0.741. The number of hydrogen-bond acceptors (Lipinski definition) is 3.